The Morgan fingerprint density at radius 1 is 1.10 bits per heavy atom. The van der Waals surface area contributed by atoms with Crippen LogP contribution in [0.15, 0.2) is 36.5 Å². The molecule has 0 spiro atoms. The minimum Gasteiger partial charge on any atom is -0.355 e. The zero-order chi connectivity index (χ0) is 22.1. The van der Waals surface area contributed by atoms with Crippen molar-refractivity contribution in [3.8, 4) is 0 Å². The average molecular weight is 421 g/mol. The summed E-state index contributed by atoms with van der Waals surface area (Å²) in [6, 6.07) is 9.80. The third-order valence-electron chi connectivity index (χ3n) is 6.65. The summed E-state index contributed by atoms with van der Waals surface area (Å²) in [7, 11) is 0. The molecule has 6 heteroatoms. The molecular weight excluding hydrogens is 388 g/mol. The first-order chi connectivity index (χ1) is 14.8. The summed E-state index contributed by atoms with van der Waals surface area (Å²) >= 11 is 0. The lowest BCUT2D eigenvalue weighted by Gasteiger charge is -2.36. The van der Waals surface area contributed by atoms with Gasteiger partial charge < -0.3 is 15.1 Å². The molecule has 1 unspecified atom stereocenters. The van der Waals surface area contributed by atoms with Crippen LogP contribution in [-0.2, 0) is 4.79 Å². The van der Waals surface area contributed by atoms with Gasteiger partial charge in [-0.2, -0.15) is 0 Å². The van der Waals surface area contributed by atoms with Gasteiger partial charge in [-0.05, 0) is 54.5 Å². The van der Waals surface area contributed by atoms with Gasteiger partial charge in [0.1, 0.15) is 5.82 Å². The van der Waals surface area contributed by atoms with Crippen LogP contribution in [0.4, 0.5) is 5.82 Å². The largest absolute Gasteiger partial charge is 0.355 e. The Bertz CT molecular complexity index is 962. The molecule has 2 amide bonds. The Balaban J connectivity index is 1.41. The molecule has 2 aromatic rings. The third kappa shape index (κ3) is 4.29. The summed E-state index contributed by atoms with van der Waals surface area (Å²) in [4.78, 5) is 34.1. The molecule has 2 atom stereocenters. The van der Waals surface area contributed by atoms with Crippen molar-refractivity contribution < 1.29 is 9.59 Å². The molecule has 0 saturated carbocycles. The van der Waals surface area contributed by atoms with E-state index < -0.39 is 0 Å². The van der Waals surface area contributed by atoms with E-state index in [9.17, 15) is 9.59 Å². The molecule has 2 saturated heterocycles. The van der Waals surface area contributed by atoms with Gasteiger partial charge in [0.05, 0.1) is 5.92 Å². The van der Waals surface area contributed by atoms with E-state index in [4.69, 9.17) is 0 Å². The summed E-state index contributed by atoms with van der Waals surface area (Å²) in [6.45, 7) is 12.1. The zero-order valence-electron chi connectivity index (χ0n) is 18.9. The molecular formula is C25H32N4O2. The second-order valence-electron chi connectivity index (χ2n) is 9.19. The zero-order valence-corrected chi connectivity index (χ0v) is 18.9. The van der Waals surface area contributed by atoms with E-state index in [1.54, 1.807) is 0 Å². The normalized spacial score (nSPS) is 21.5. The number of benzene rings is 1. The highest BCUT2D eigenvalue weighted by molar-refractivity contribution is 5.94. The van der Waals surface area contributed by atoms with Gasteiger partial charge in [-0.1, -0.05) is 32.0 Å². The monoisotopic (exact) mass is 420 g/mol. The molecule has 4 rings (SSSR count). The molecule has 1 aromatic heterocycles. The minimum absolute atomic E-state index is 0.0519. The van der Waals surface area contributed by atoms with Crippen molar-refractivity contribution in [1.29, 1.82) is 0 Å². The summed E-state index contributed by atoms with van der Waals surface area (Å²) in [5.41, 5.74) is 4.01. The number of anilines is 1. The molecule has 0 aliphatic carbocycles. The summed E-state index contributed by atoms with van der Waals surface area (Å²) in [5.74, 6) is 1.74. The quantitative estimate of drug-likeness (QED) is 0.825. The molecule has 31 heavy (non-hydrogen) atoms. The first-order valence-electron chi connectivity index (χ1n) is 11.2. The van der Waals surface area contributed by atoms with Crippen LogP contribution in [0.3, 0.4) is 0 Å². The lowest BCUT2D eigenvalue weighted by atomic mass is 9.81. The maximum Gasteiger partial charge on any atom is 0.253 e. The van der Waals surface area contributed by atoms with Crippen molar-refractivity contribution in [2.24, 2.45) is 11.8 Å². The Hall–Kier alpha value is -2.89. The summed E-state index contributed by atoms with van der Waals surface area (Å²) in [5, 5.41) is 2.99. The van der Waals surface area contributed by atoms with Crippen molar-refractivity contribution in [2.75, 3.05) is 37.6 Å². The number of rotatable bonds is 4. The number of amides is 2. The molecule has 6 nitrogen and oxygen atoms in total. The van der Waals surface area contributed by atoms with Crippen LogP contribution in [0.25, 0.3) is 0 Å². The number of pyridine rings is 1. The van der Waals surface area contributed by atoms with Gasteiger partial charge in [-0.25, -0.2) is 4.98 Å². The Labute approximate surface area is 184 Å². The molecule has 2 aliphatic heterocycles. The number of piperazine rings is 1. The number of nitrogens with one attached hydrogen (secondary N) is 1. The van der Waals surface area contributed by atoms with Crippen molar-refractivity contribution in [1.82, 2.24) is 15.2 Å². The molecule has 3 heterocycles. The van der Waals surface area contributed by atoms with E-state index in [0.717, 1.165) is 36.6 Å². The van der Waals surface area contributed by atoms with Crippen LogP contribution in [0.2, 0.25) is 0 Å². The third-order valence-corrected chi connectivity index (χ3v) is 6.65. The van der Waals surface area contributed by atoms with E-state index in [2.05, 4.69) is 42.0 Å². The molecule has 0 radical (unpaired) electrons. The summed E-state index contributed by atoms with van der Waals surface area (Å²) < 4.78 is 0. The van der Waals surface area contributed by atoms with Gasteiger partial charge in [0.25, 0.3) is 5.91 Å². The van der Waals surface area contributed by atoms with Gasteiger partial charge in [0, 0.05) is 44.5 Å². The number of aromatic nitrogens is 1. The fourth-order valence-corrected chi connectivity index (χ4v) is 4.84. The van der Waals surface area contributed by atoms with Crippen LogP contribution in [0.1, 0.15) is 46.8 Å². The minimum atomic E-state index is -0.127. The van der Waals surface area contributed by atoms with Crippen LogP contribution in [0, 0.1) is 25.7 Å². The highest BCUT2D eigenvalue weighted by atomic mass is 16.2. The highest BCUT2D eigenvalue weighted by Gasteiger charge is 2.37. The number of carbonyl (C=O) groups is 2. The first kappa shape index (κ1) is 21.3. The maximum atomic E-state index is 13.0. The SMILES string of the molecule is Cc1cnc(N2CCN(C(=O)c3ccc([C@H]4C(=O)NCC4C(C)C)cc3)CC2)c(C)c1. The fraction of sp³-hybridized carbons (Fsp3) is 0.480. The van der Waals surface area contributed by atoms with Crippen LogP contribution >= 0.6 is 0 Å². The number of aryl methyl sites for hydroxylation is 2. The molecule has 1 N–H and O–H groups in total. The molecule has 1 aromatic carbocycles. The Morgan fingerprint density at radius 3 is 2.39 bits per heavy atom. The second kappa shape index (κ2) is 8.69. The van der Waals surface area contributed by atoms with Crippen molar-refractivity contribution in [2.45, 2.75) is 33.6 Å². The molecule has 2 aliphatic rings. The van der Waals surface area contributed by atoms with Crippen LogP contribution in [0.5, 0.6) is 0 Å². The number of nitrogens with zero attached hydrogens (tertiary/aromatic N) is 3. The van der Waals surface area contributed by atoms with E-state index in [0.29, 0.717) is 30.5 Å². The van der Waals surface area contributed by atoms with Gasteiger partial charge >= 0.3 is 0 Å². The van der Waals surface area contributed by atoms with E-state index >= 15 is 0 Å². The van der Waals surface area contributed by atoms with Crippen LogP contribution in [-0.4, -0.2) is 54.4 Å². The van der Waals surface area contributed by atoms with Gasteiger partial charge in [-0.15, -0.1) is 0 Å². The number of hydrogen-bond donors (Lipinski definition) is 1. The predicted molar refractivity (Wildman–Crippen MR) is 122 cm³/mol. The summed E-state index contributed by atoms with van der Waals surface area (Å²) in [6.07, 6.45) is 1.90. The van der Waals surface area contributed by atoms with Crippen molar-refractivity contribution in [3.05, 3.63) is 58.8 Å². The van der Waals surface area contributed by atoms with Gasteiger partial charge in [0.15, 0.2) is 0 Å². The topological polar surface area (TPSA) is 65.5 Å². The predicted octanol–water partition coefficient (Wildman–Crippen LogP) is 3.15. The highest BCUT2D eigenvalue weighted by Crippen LogP contribution is 2.34. The van der Waals surface area contributed by atoms with Crippen LogP contribution < -0.4 is 10.2 Å². The molecule has 164 valence electrons. The van der Waals surface area contributed by atoms with Crippen molar-refractivity contribution >= 4 is 17.6 Å². The molecule has 2 fully saturated rings. The van der Waals surface area contributed by atoms with Gasteiger partial charge in [-0.3, -0.25) is 9.59 Å². The lowest BCUT2D eigenvalue weighted by molar-refractivity contribution is -0.120. The fourth-order valence-electron chi connectivity index (χ4n) is 4.84. The number of carbonyl (C=O) groups excluding carboxylic acids is 2. The lowest BCUT2D eigenvalue weighted by Crippen LogP contribution is -2.49. The Kier molecular flexibility index (Phi) is 5.99. The smallest absolute Gasteiger partial charge is 0.253 e. The van der Waals surface area contributed by atoms with E-state index in [1.165, 1.54) is 5.56 Å². The van der Waals surface area contributed by atoms with Crippen molar-refractivity contribution in [3.63, 3.8) is 0 Å². The van der Waals surface area contributed by atoms with E-state index in [1.807, 2.05) is 42.3 Å². The maximum absolute atomic E-state index is 13.0. The Morgan fingerprint density at radius 2 is 1.77 bits per heavy atom. The second-order valence-corrected chi connectivity index (χ2v) is 9.19. The standard InChI is InChI=1S/C25H32N4O2/c1-16(2)21-15-27-24(30)22(21)19-5-7-20(8-6-19)25(31)29-11-9-28(10-12-29)23-18(4)13-17(3)14-26-23/h5-8,13-14,16,21-22H,9-12,15H2,1-4H3,(H,27,30)/t21?,22-/m1/s1. The average Bonchev–Trinajstić information content (AvgIpc) is 3.15. The molecule has 0 bridgehead atoms. The van der Waals surface area contributed by atoms with Gasteiger partial charge in [0.2, 0.25) is 5.91 Å². The number of hydrogen-bond acceptors (Lipinski definition) is 4. The first-order valence-corrected chi connectivity index (χ1v) is 11.2. The van der Waals surface area contributed by atoms with E-state index in [-0.39, 0.29) is 17.7 Å².